The summed E-state index contributed by atoms with van der Waals surface area (Å²) in [7, 11) is 0. The zero-order chi connectivity index (χ0) is 15.6. The average Bonchev–Trinajstić information content (AvgIpc) is 3.23. The highest BCUT2D eigenvalue weighted by Crippen LogP contribution is 2.29. The highest BCUT2D eigenvalue weighted by atomic mass is 32.1. The van der Waals surface area contributed by atoms with E-state index < -0.39 is 0 Å². The van der Waals surface area contributed by atoms with E-state index in [0.717, 1.165) is 22.5 Å². The normalized spacial score (nSPS) is 10.8. The van der Waals surface area contributed by atoms with E-state index in [0.29, 0.717) is 5.13 Å². The second kappa shape index (κ2) is 5.70. The minimum Gasteiger partial charge on any atom is -0.493 e. The van der Waals surface area contributed by atoms with Crippen molar-refractivity contribution >= 4 is 11.3 Å². The lowest BCUT2D eigenvalue weighted by molar-refractivity contribution is 0.433. The Morgan fingerprint density at radius 2 is 1.43 bits per heavy atom. The van der Waals surface area contributed by atoms with Crippen LogP contribution < -0.4 is 0 Å². The number of aromatic nitrogens is 3. The van der Waals surface area contributed by atoms with Crippen LogP contribution in [0.1, 0.15) is 0 Å². The van der Waals surface area contributed by atoms with Crippen molar-refractivity contribution in [1.82, 2.24) is 14.8 Å². The van der Waals surface area contributed by atoms with Gasteiger partial charge in [-0.2, -0.15) is 9.78 Å². The van der Waals surface area contributed by atoms with Gasteiger partial charge in [0.05, 0.1) is 11.4 Å². The van der Waals surface area contributed by atoms with Gasteiger partial charge in [0.15, 0.2) is 0 Å². The van der Waals surface area contributed by atoms with Gasteiger partial charge in [-0.3, -0.25) is 0 Å². The van der Waals surface area contributed by atoms with Crippen LogP contribution in [0.25, 0.3) is 27.6 Å². The van der Waals surface area contributed by atoms with Gasteiger partial charge in [-0.1, -0.05) is 60.7 Å². The first kappa shape index (κ1) is 13.7. The van der Waals surface area contributed by atoms with Crippen molar-refractivity contribution < 1.29 is 5.11 Å². The van der Waals surface area contributed by atoms with Crippen molar-refractivity contribution in [3.8, 4) is 33.5 Å². The highest BCUT2D eigenvalue weighted by molar-refractivity contribution is 7.12. The fourth-order valence-corrected chi connectivity index (χ4v) is 3.16. The summed E-state index contributed by atoms with van der Waals surface area (Å²) >= 11 is 1.45. The van der Waals surface area contributed by atoms with Gasteiger partial charge in [-0.05, 0) is 0 Å². The minimum absolute atomic E-state index is 0.0813. The number of aromatic hydroxyl groups is 1. The van der Waals surface area contributed by atoms with E-state index in [1.54, 1.807) is 6.07 Å². The molecular formula is C18H13N3OS. The molecule has 23 heavy (non-hydrogen) atoms. The van der Waals surface area contributed by atoms with Crippen molar-refractivity contribution in [3.63, 3.8) is 0 Å². The molecule has 0 amide bonds. The molecule has 0 radical (unpaired) electrons. The Morgan fingerprint density at radius 1 is 0.826 bits per heavy atom. The van der Waals surface area contributed by atoms with E-state index in [1.165, 1.54) is 16.0 Å². The van der Waals surface area contributed by atoms with Crippen LogP contribution in [0.4, 0.5) is 0 Å². The number of benzene rings is 2. The molecule has 0 fully saturated rings. The van der Waals surface area contributed by atoms with Crippen LogP contribution in [0.5, 0.6) is 5.88 Å². The van der Waals surface area contributed by atoms with Crippen molar-refractivity contribution in [2.75, 3.05) is 0 Å². The van der Waals surface area contributed by atoms with Gasteiger partial charge >= 0.3 is 0 Å². The second-order valence-corrected chi connectivity index (χ2v) is 5.88. The summed E-state index contributed by atoms with van der Waals surface area (Å²) in [6, 6.07) is 21.4. The number of rotatable bonds is 3. The van der Waals surface area contributed by atoms with Crippen molar-refractivity contribution in [1.29, 1.82) is 0 Å². The molecule has 2 aromatic heterocycles. The molecule has 4 nitrogen and oxygen atoms in total. The fraction of sp³-hybridized carbons (Fsp3) is 0. The molecule has 2 aromatic carbocycles. The Morgan fingerprint density at radius 3 is 2.09 bits per heavy atom. The molecule has 0 saturated carbocycles. The van der Waals surface area contributed by atoms with Crippen LogP contribution in [-0.4, -0.2) is 19.9 Å². The summed E-state index contributed by atoms with van der Waals surface area (Å²) in [6.07, 6.45) is 0. The Kier molecular flexibility index (Phi) is 3.40. The van der Waals surface area contributed by atoms with Gasteiger partial charge in [-0.15, -0.1) is 11.3 Å². The summed E-state index contributed by atoms with van der Waals surface area (Å²) in [5.41, 5.74) is 3.60. The molecule has 0 aliphatic carbocycles. The van der Waals surface area contributed by atoms with Crippen molar-refractivity contribution in [2.24, 2.45) is 0 Å². The zero-order valence-corrected chi connectivity index (χ0v) is 12.9. The van der Waals surface area contributed by atoms with Crippen LogP contribution in [0.3, 0.4) is 0 Å². The lowest BCUT2D eigenvalue weighted by Crippen LogP contribution is -1.95. The maximum absolute atomic E-state index is 10.2. The molecule has 1 N–H and O–H groups in total. The summed E-state index contributed by atoms with van der Waals surface area (Å²) in [6.45, 7) is 0. The van der Waals surface area contributed by atoms with Crippen LogP contribution in [0.15, 0.2) is 72.1 Å². The largest absolute Gasteiger partial charge is 0.493 e. The molecule has 2 heterocycles. The zero-order valence-electron chi connectivity index (χ0n) is 12.1. The van der Waals surface area contributed by atoms with Crippen LogP contribution in [0, 0.1) is 0 Å². The topological polar surface area (TPSA) is 50.9 Å². The van der Waals surface area contributed by atoms with E-state index in [2.05, 4.69) is 10.1 Å². The Bertz CT molecular complexity index is 929. The number of nitrogens with zero attached hydrogens (tertiary/aromatic N) is 3. The third-order valence-corrected chi connectivity index (χ3v) is 4.32. The number of hydrogen-bond acceptors (Lipinski definition) is 4. The molecule has 0 atom stereocenters. The van der Waals surface area contributed by atoms with E-state index >= 15 is 0 Å². The molecule has 0 unspecified atom stereocenters. The third kappa shape index (κ3) is 2.62. The molecular weight excluding hydrogens is 306 g/mol. The molecule has 4 rings (SSSR count). The number of hydrogen-bond donors (Lipinski definition) is 1. The van der Waals surface area contributed by atoms with Gasteiger partial charge in [0.2, 0.25) is 11.0 Å². The first-order valence-electron chi connectivity index (χ1n) is 7.17. The van der Waals surface area contributed by atoms with Crippen molar-refractivity contribution in [3.05, 3.63) is 72.1 Å². The minimum atomic E-state index is 0.0813. The van der Waals surface area contributed by atoms with E-state index in [4.69, 9.17) is 0 Å². The SMILES string of the molecule is Oc1cc(-c2ccccc2)nn1-c1nc(-c2ccccc2)cs1. The fourth-order valence-electron chi connectivity index (χ4n) is 2.37. The van der Waals surface area contributed by atoms with Crippen LogP contribution >= 0.6 is 11.3 Å². The summed E-state index contributed by atoms with van der Waals surface area (Å²) < 4.78 is 1.47. The molecule has 0 spiro atoms. The third-order valence-electron chi connectivity index (χ3n) is 3.50. The summed E-state index contributed by atoms with van der Waals surface area (Å²) in [5.74, 6) is 0.0813. The number of thiazole rings is 1. The van der Waals surface area contributed by atoms with Gasteiger partial charge in [-0.25, -0.2) is 4.98 Å². The molecule has 0 bridgehead atoms. The van der Waals surface area contributed by atoms with Gasteiger partial charge < -0.3 is 5.11 Å². The second-order valence-electron chi connectivity index (χ2n) is 5.05. The van der Waals surface area contributed by atoms with E-state index in [1.807, 2.05) is 66.0 Å². The lowest BCUT2D eigenvalue weighted by atomic mass is 10.2. The Balaban J connectivity index is 1.72. The highest BCUT2D eigenvalue weighted by Gasteiger charge is 2.13. The predicted octanol–water partition coefficient (Wildman–Crippen LogP) is 4.37. The summed E-state index contributed by atoms with van der Waals surface area (Å²) in [4.78, 5) is 4.58. The maximum atomic E-state index is 10.2. The van der Waals surface area contributed by atoms with Gasteiger partial charge in [0.1, 0.15) is 0 Å². The van der Waals surface area contributed by atoms with Gasteiger partial charge in [0, 0.05) is 22.6 Å². The monoisotopic (exact) mass is 319 g/mol. The Labute approximate surface area is 137 Å². The maximum Gasteiger partial charge on any atom is 0.216 e. The molecule has 0 aliphatic rings. The van der Waals surface area contributed by atoms with Crippen LogP contribution in [-0.2, 0) is 0 Å². The van der Waals surface area contributed by atoms with E-state index in [9.17, 15) is 5.11 Å². The first-order chi connectivity index (χ1) is 11.3. The summed E-state index contributed by atoms with van der Waals surface area (Å²) in [5, 5.41) is 17.3. The Hall–Kier alpha value is -2.92. The van der Waals surface area contributed by atoms with Gasteiger partial charge in [0.25, 0.3) is 0 Å². The smallest absolute Gasteiger partial charge is 0.216 e. The quantitative estimate of drug-likeness (QED) is 0.610. The molecule has 4 aromatic rings. The predicted molar refractivity (Wildman–Crippen MR) is 91.8 cm³/mol. The molecule has 112 valence electrons. The molecule has 0 saturated heterocycles. The van der Waals surface area contributed by atoms with Crippen molar-refractivity contribution in [2.45, 2.75) is 0 Å². The molecule has 0 aliphatic heterocycles. The van der Waals surface area contributed by atoms with Crippen LogP contribution in [0.2, 0.25) is 0 Å². The first-order valence-corrected chi connectivity index (χ1v) is 8.05. The standard InChI is InChI=1S/C18H13N3OS/c22-17-11-15(13-7-3-1-4-8-13)20-21(17)18-19-16(12-23-18)14-9-5-2-6-10-14/h1-12,22H. The lowest BCUT2D eigenvalue weighted by Gasteiger charge is -1.98. The van der Waals surface area contributed by atoms with E-state index in [-0.39, 0.29) is 5.88 Å². The molecule has 5 heteroatoms. The average molecular weight is 319 g/mol.